The second kappa shape index (κ2) is 8.19. The minimum Gasteiger partial charge on any atom is -0.479 e. The molecular weight excluding hydrogens is 364 g/mol. The van der Waals surface area contributed by atoms with Crippen molar-refractivity contribution in [2.75, 3.05) is 16.8 Å². The van der Waals surface area contributed by atoms with Crippen molar-refractivity contribution in [3.05, 3.63) is 90.0 Å². The summed E-state index contributed by atoms with van der Waals surface area (Å²) < 4.78 is 5.77. The van der Waals surface area contributed by atoms with Crippen molar-refractivity contribution in [2.24, 2.45) is 0 Å². The van der Waals surface area contributed by atoms with E-state index in [-0.39, 0.29) is 11.8 Å². The Balaban J connectivity index is 1.57. The van der Waals surface area contributed by atoms with E-state index in [1.165, 1.54) is 0 Å². The van der Waals surface area contributed by atoms with Crippen molar-refractivity contribution >= 4 is 23.2 Å². The third-order valence-electron chi connectivity index (χ3n) is 4.93. The number of amides is 2. The molecule has 1 N–H and O–H groups in total. The Morgan fingerprint density at radius 2 is 1.69 bits per heavy atom. The van der Waals surface area contributed by atoms with Crippen LogP contribution in [-0.4, -0.2) is 24.5 Å². The predicted octanol–water partition coefficient (Wildman–Crippen LogP) is 4.30. The Kier molecular flexibility index (Phi) is 5.29. The van der Waals surface area contributed by atoms with Crippen LogP contribution in [0.3, 0.4) is 0 Å². The average Bonchev–Trinajstić information content (AvgIpc) is 2.76. The smallest absolute Gasteiger partial charge is 0.267 e. The van der Waals surface area contributed by atoms with E-state index in [1.54, 1.807) is 42.2 Å². The lowest BCUT2D eigenvalue weighted by atomic mass is 10.1. The molecule has 0 fully saturated rings. The Bertz CT molecular complexity index is 1020. The summed E-state index contributed by atoms with van der Waals surface area (Å²) in [6, 6.07) is 24.5. The number of rotatable bonds is 5. The lowest BCUT2D eigenvalue weighted by molar-refractivity contribution is -0.125. The first-order valence-electron chi connectivity index (χ1n) is 9.64. The first kappa shape index (κ1) is 18.7. The molecule has 0 spiro atoms. The number of carbonyl (C=O) groups is 2. The van der Waals surface area contributed by atoms with Gasteiger partial charge in [0.1, 0.15) is 5.75 Å². The highest BCUT2D eigenvalue weighted by Crippen LogP contribution is 2.36. The van der Waals surface area contributed by atoms with Gasteiger partial charge in [0, 0.05) is 17.8 Å². The molecule has 1 aliphatic heterocycles. The Morgan fingerprint density at radius 1 is 1.00 bits per heavy atom. The van der Waals surface area contributed by atoms with Crippen molar-refractivity contribution in [1.82, 2.24) is 0 Å². The summed E-state index contributed by atoms with van der Waals surface area (Å²) in [5.41, 5.74) is 3.03. The third-order valence-corrected chi connectivity index (χ3v) is 4.93. The van der Waals surface area contributed by atoms with Gasteiger partial charge in [-0.1, -0.05) is 48.5 Å². The highest BCUT2D eigenvalue weighted by atomic mass is 16.5. The normalized spacial score (nSPS) is 15.4. The minimum absolute atomic E-state index is 0.0834. The standard InChI is InChI=1S/C24H22N2O3/c1-17-24(28)26(15-14-18-8-4-2-5-9-18)21-16-20(12-13-22(21)29-17)25-23(27)19-10-6-3-7-11-19/h2-13,16-17H,14-15H2,1H3,(H,25,27). The van der Waals surface area contributed by atoms with E-state index in [9.17, 15) is 9.59 Å². The van der Waals surface area contributed by atoms with E-state index < -0.39 is 6.10 Å². The van der Waals surface area contributed by atoms with Gasteiger partial charge in [-0.2, -0.15) is 0 Å². The number of hydrogen-bond acceptors (Lipinski definition) is 3. The summed E-state index contributed by atoms with van der Waals surface area (Å²) >= 11 is 0. The minimum atomic E-state index is -0.539. The molecule has 0 bridgehead atoms. The monoisotopic (exact) mass is 386 g/mol. The molecule has 0 aromatic heterocycles. The zero-order valence-electron chi connectivity index (χ0n) is 16.2. The van der Waals surface area contributed by atoms with E-state index in [0.717, 1.165) is 12.0 Å². The van der Waals surface area contributed by atoms with Crippen LogP contribution in [0.15, 0.2) is 78.9 Å². The summed E-state index contributed by atoms with van der Waals surface area (Å²) in [5, 5.41) is 2.90. The van der Waals surface area contributed by atoms with E-state index >= 15 is 0 Å². The number of nitrogens with zero attached hydrogens (tertiary/aromatic N) is 1. The molecule has 0 radical (unpaired) electrons. The maximum atomic E-state index is 12.8. The quantitative estimate of drug-likeness (QED) is 0.711. The first-order valence-corrected chi connectivity index (χ1v) is 9.64. The largest absolute Gasteiger partial charge is 0.479 e. The van der Waals surface area contributed by atoms with Crippen molar-refractivity contribution in [3.8, 4) is 5.75 Å². The van der Waals surface area contributed by atoms with Gasteiger partial charge in [0.25, 0.3) is 11.8 Å². The molecule has 4 rings (SSSR count). The summed E-state index contributed by atoms with van der Waals surface area (Å²) in [7, 11) is 0. The van der Waals surface area contributed by atoms with Crippen molar-refractivity contribution < 1.29 is 14.3 Å². The van der Waals surface area contributed by atoms with Gasteiger partial charge in [-0.25, -0.2) is 0 Å². The number of nitrogens with one attached hydrogen (secondary N) is 1. The Hall–Kier alpha value is -3.60. The molecule has 0 saturated carbocycles. The second-order valence-corrected chi connectivity index (χ2v) is 6.99. The molecule has 3 aromatic rings. The van der Waals surface area contributed by atoms with Crippen LogP contribution < -0.4 is 15.0 Å². The molecule has 1 heterocycles. The van der Waals surface area contributed by atoms with Gasteiger partial charge in [-0.15, -0.1) is 0 Å². The molecule has 5 heteroatoms. The maximum absolute atomic E-state index is 12.8. The first-order chi connectivity index (χ1) is 14.1. The highest BCUT2D eigenvalue weighted by Gasteiger charge is 2.31. The van der Waals surface area contributed by atoms with Gasteiger partial charge in [0.2, 0.25) is 0 Å². The predicted molar refractivity (Wildman–Crippen MR) is 113 cm³/mol. The number of anilines is 2. The Labute approximate surface area is 169 Å². The molecule has 1 aliphatic rings. The molecule has 1 atom stereocenters. The lowest BCUT2D eigenvalue weighted by Crippen LogP contribution is -2.45. The summed E-state index contributed by atoms with van der Waals surface area (Å²) in [6.45, 7) is 2.30. The molecule has 2 amide bonds. The van der Waals surface area contributed by atoms with Crippen molar-refractivity contribution in [3.63, 3.8) is 0 Å². The second-order valence-electron chi connectivity index (χ2n) is 6.99. The van der Waals surface area contributed by atoms with Gasteiger partial charge in [-0.05, 0) is 49.2 Å². The van der Waals surface area contributed by atoms with Gasteiger partial charge in [-0.3, -0.25) is 9.59 Å². The molecule has 0 saturated heterocycles. The highest BCUT2D eigenvalue weighted by molar-refractivity contribution is 6.05. The van der Waals surface area contributed by atoms with Gasteiger partial charge in [0.05, 0.1) is 5.69 Å². The fourth-order valence-electron chi connectivity index (χ4n) is 3.39. The summed E-state index contributed by atoms with van der Waals surface area (Å²) in [6.07, 6.45) is 0.197. The topological polar surface area (TPSA) is 58.6 Å². The van der Waals surface area contributed by atoms with Crippen LogP contribution in [0, 0.1) is 0 Å². The molecule has 146 valence electrons. The lowest BCUT2D eigenvalue weighted by Gasteiger charge is -2.33. The zero-order valence-corrected chi connectivity index (χ0v) is 16.2. The van der Waals surface area contributed by atoms with Crippen LogP contribution in [0.1, 0.15) is 22.8 Å². The third kappa shape index (κ3) is 4.14. The number of fused-ring (bicyclic) bond motifs is 1. The summed E-state index contributed by atoms with van der Waals surface area (Å²) in [4.78, 5) is 27.0. The van der Waals surface area contributed by atoms with E-state index in [1.807, 2.05) is 48.5 Å². The van der Waals surface area contributed by atoms with Crippen LogP contribution in [0.2, 0.25) is 0 Å². The molecule has 5 nitrogen and oxygen atoms in total. The molecular formula is C24H22N2O3. The van der Waals surface area contributed by atoms with Crippen LogP contribution in [0.25, 0.3) is 0 Å². The van der Waals surface area contributed by atoms with Gasteiger partial charge in [0.15, 0.2) is 6.10 Å². The number of benzene rings is 3. The van der Waals surface area contributed by atoms with E-state index in [4.69, 9.17) is 4.74 Å². The SMILES string of the molecule is CC1Oc2ccc(NC(=O)c3ccccc3)cc2N(CCc2ccccc2)C1=O. The van der Waals surface area contributed by atoms with Crippen LogP contribution >= 0.6 is 0 Å². The van der Waals surface area contributed by atoms with E-state index in [0.29, 0.717) is 29.2 Å². The maximum Gasteiger partial charge on any atom is 0.267 e. The van der Waals surface area contributed by atoms with Crippen LogP contribution in [0.5, 0.6) is 5.75 Å². The van der Waals surface area contributed by atoms with Gasteiger partial charge < -0.3 is 15.0 Å². The molecule has 0 aliphatic carbocycles. The van der Waals surface area contributed by atoms with Crippen LogP contribution in [-0.2, 0) is 11.2 Å². The van der Waals surface area contributed by atoms with Crippen molar-refractivity contribution in [1.29, 1.82) is 0 Å². The number of hydrogen-bond donors (Lipinski definition) is 1. The molecule has 29 heavy (non-hydrogen) atoms. The fourth-order valence-corrected chi connectivity index (χ4v) is 3.39. The van der Waals surface area contributed by atoms with Gasteiger partial charge >= 0.3 is 0 Å². The fraction of sp³-hybridized carbons (Fsp3) is 0.167. The molecule has 3 aromatic carbocycles. The molecule has 1 unspecified atom stereocenters. The summed E-state index contributed by atoms with van der Waals surface area (Å²) in [5.74, 6) is 0.362. The number of ether oxygens (including phenoxy) is 1. The zero-order chi connectivity index (χ0) is 20.2. The van der Waals surface area contributed by atoms with E-state index in [2.05, 4.69) is 5.32 Å². The number of carbonyl (C=O) groups excluding carboxylic acids is 2. The van der Waals surface area contributed by atoms with Crippen molar-refractivity contribution in [2.45, 2.75) is 19.4 Å². The van der Waals surface area contributed by atoms with Crippen LogP contribution in [0.4, 0.5) is 11.4 Å². The Morgan fingerprint density at radius 3 is 2.41 bits per heavy atom. The average molecular weight is 386 g/mol.